The third-order valence-corrected chi connectivity index (χ3v) is 4.34. The Morgan fingerprint density at radius 1 is 1.19 bits per heavy atom. The van der Waals surface area contributed by atoms with Crippen molar-refractivity contribution >= 4 is 46.7 Å². The summed E-state index contributed by atoms with van der Waals surface area (Å²) in [6.45, 7) is 4.88. The van der Waals surface area contributed by atoms with Crippen molar-refractivity contribution in [2.24, 2.45) is 10.9 Å². The molecule has 6 nitrogen and oxygen atoms in total. The third-order valence-electron chi connectivity index (χ3n) is 4.34. The minimum absolute atomic E-state index is 0. The molecule has 0 radical (unpaired) electrons. The third kappa shape index (κ3) is 5.89. The molecule has 0 saturated heterocycles. The standard InChI is InChI=1S/C19H27N5O.HI/c1-2-20-19(23-12-11-21-18(25)14-7-8-14)22-10-9-15-13-24-17-6-4-3-5-16(15)17;/h3-6,13-14,24H,2,7-12H2,1H3,(H,21,25)(H2,20,22,23);1H. The number of hydrogen-bond donors (Lipinski definition) is 4. The summed E-state index contributed by atoms with van der Waals surface area (Å²) in [7, 11) is 0. The van der Waals surface area contributed by atoms with Gasteiger partial charge in [0.05, 0.1) is 0 Å². The number of aromatic amines is 1. The maximum atomic E-state index is 11.6. The zero-order chi connectivity index (χ0) is 17.5. The van der Waals surface area contributed by atoms with Gasteiger partial charge in [-0.05, 0) is 37.8 Å². The fourth-order valence-corrected chi connectivity index (χ4v) is 2.82. The molecular formula is C19H28IN5O. The number of carbonyl (C=O) groups excluding carboxylic acids is 1. The molecule has 1 aromatic carbocycles. The average molecular weight is 469 g/mol. The van der Waals surface area contributed by atoms with E-state index in [1.807, 2.05) is 13.0 Å². The Morgan fingerprint density at radius 2 is 1.96 bits per heavy atom. The number of halogens is 1. The van der Waals surface area contributed by atoms with Gasteiger partial charge in [-0.1, -0.05) is 18.2 Å². The molecule has 0 unspecified atom stereocenters. The Bertz CT molecular complexity index is 738. The summed E-state index contributed by atoms with van der Waals surface area (Å²) in [5.41, 5.74) is 2.45. The Hall–Kier alpha value is -1.77. The van der Waals surface area contributed by atoms with E-state index in [0.29, 0.717) is 19.6 Å². The predicted molar refractivity (Wildman–Crippen MR) is 117 cm³/mol. The highest BCUT2D eigenvalue weighted by Crippen LogP contribution is 2.28. The monoisotopic (exact) mass is 469 g/mol. The summed E-state index contributed by atoms with van der Waals surface area (Å²) in [6.07, 6.45) is 5.03. The van der Waals surface area contributed by atoms with Crippen molar-refractivity contribution in [2.45, 2.75) is 26.2 Å². The molecule has 26 heavy (non-hydrogen) atoms. The number of nitrogens with zero attached hydrogens (tertiary/aromatic N) is 1. The van der Waals surface area contributed by atoms with E-state index in [-0.39, 0.29) is 35.8 Å². The van der Waals surface area contributed by atoms with E-state index in [0.717, 1.165) is 37.3 Å². The Morgan fingerprint density at radius 3 is 2.73 bits per heavy atom. The Balaban J connectivity index is 0.00000243. The molecule has 1 amide bonds. The van der Waals surface area contributed by atoms with Crippen molar-refractivity contribution in [3.05, 3.63) is 36.0 Å². The first kappa shape index (κ1) is 20.5. The van der Waals surface area contributed by atoms with E-state index in [1.54, 1.807) is 0 Å². The van der Waals surface area contributed by atoms with Crippen molar-refractivity contribution in [3.8, 4) is 0 Å². The number of guanidine groups is 1. The molecule has 1 fully saturated rings. The SMILES string of the molecule is CCNC(=NCCc1c[nH]c2ccccc12)NCCNC(=O)C1CC1.I. The zero-order valence-corrected chi connectivity index (χ0v) is 17.5. The second-order valence-electron chi connectivity index (χ2n) is 6.36. The molecule has 1 saturated carbocycles. The minimum Gasteiger partial charge on any atom is -0.361 e. The first-order valence-corrected chi connectivity index (χ1v) is 9.13. The average Bonchev–Trinajstić information content (AvgIpc) is 3.40. The van der Waals surface area contributed by atoms with Crippen LogP contribution in [0.1, 0.15) is 25.3 Å². The fourth-order valence-electron chi connectivity index (χ4n) is 2.82. The Labute approximate surface area is 171 Å². The Kier molecular flexibility index (Phi) is 8.21. The van der Waals surface area contributed by atoms with Crippen LogP contribution >= 0.6 is 24.0 Å². The smallest absolute Gasteiger partial charge is 0.223 e. The van der Waals surface area contributed by atoms with Gasteiger partial charge in [-0.2, -0.15) is 0 Å². The molecule has 2 aromatic rings. The van der Waals surface area contributed by atoms with E-state index in [4.69, 9.17) is 0 Å². The summed E-state index contributed by atoms with van der Waals surface area (Å²) in [5.74, 6) is 1.24. The number of hydrogen-bond acceptors (Lipinski definition) is 2. The molecule has 4 N–H and O–H groups in total. The molecule has 1 aliphatic rings. The van der Waals surface area contributed by atoms with Gasteiger partial charge in [0.1, 0.15) is 0 Å². The van der Waals surface area contributed by atoms with Crippen LogP contribution in [0.5, 0.6) is 0 Å². The molecule has 1 aliphatic carbocycles. The van der Waals surface area contributed by atoms with Gasteiger partial charge in [0, 0.05) is 49.2 Å². The molecule has 0 bridgehead atoms. The minimum atomic E-state index is 0. The lowest BCUT2D eigenvalue weighted by atomic mass is 10.1. The van der Waals surface area contributed by atoms with Crippen LogP contribution in [-0.4, -0.2) is 43.0 Å². The van der Waals surface area contributed by atoms with Crippen molar-refractivity contribution in [3.63, 3.8) is 0 Å². The number of fused-ring (bicyclic) bond motifs is 1. The normalized spacial score (nSPS) is 14.0. The highest BCUT2D eigenvalue weighted by atomic mass is 127. The summed E-state index contributed by atoms with van der Waals surface area (Å²) in [4.78, 5) is 19.5. The van der Waals surface area contributed by atoms with Crippen LogP contribution in [0, 0.1) is 5.92 Å². The fraction of sp³-hybridized carbons (Fsp3) is 0.474. The highest BCUT2D eigenvalue weighted by molar-refractivity contribution is 14.0. The summed E-state index contributed by atoms with van der Waals surface area (Å²) in [5, 5.41) is 10.7. The van der Waals surface area contributed by atoms with Gasteiger partial charge in [0.2, 0.25) is 5.91 Å². The molecule has 1 aromatic heterocycles. The summed E-state index contributed by atoms with van der Waals surface area (Å²) in [6, 6.07) is 8.32. The number of nitrogens with one attached hydrogen (secondary N) is 4. The molecule has 3 rings (SSSR count). The molecule has 1 heterocycles. The van der Waals surface area contributed by atoms with Crippen molar-refractivity contribution in [1.82, 2.24) is 20.9 Å². The number of H-pyrrole nitrogens is 1. The maximum absolute atomic E-state index is 11.6. The summed E-state index contributed by atoms with van der Waals surface area (Å²) >= 11 is 0. The topological polar surface area (TPSA) is 81.3 Å². The van der Waals surface area contributed by atoms with Gasteiger partial charge in [0.25, 0.3) is 0 Å². The van der Waals surface area contributed by atoms with Crippen LogP contribution < -0.4 is 16.0 Å². The predicted octanol–water partition coefficient (Wildman–Crippen LogP) is 2.41. The second kappa shape index (κ2) is 10.4. The zero-order valence-electron chi connectivity index (χ0n) is 15.2. The molecule has 0 spiro atoms. The first-order chi connectivity index (χ1) is 12.3. The number of para-hydroxylation sites is 1. The van der Waals surface area contributed by atoms with E-state index in [2.05, 4.69) is 50.3 Å². The van der Waals surface area contributed by atoms with Crippen LogP contribution in [0.15, 0.2) is 35.5 Å². The molecule has 7 heteroatoms. The molecular weight excluding hydrogens is 441 g/mol. The van der Waals surface area contributed by atoms with E-state index in [9.17, 15) is 4.79 Å². The van der Waals surface area contributed by atoms with Gasteiger partial charge >= 0.3 is 0 Å². The van der Waals surface area contributed by atoms with Gasteiger partial charge in [0.15, 0.2) is 5.96 Å². The quantitative estimate of drug-likeness (QED) is 0.208. The van der Waals surface area contributed by atoms with E-state index < -0.39 is 0 Å². The number of benzene rings is 1. The van der Waals surface area contributed by atoms with E-state index in [1.165, 1.54) is 10.9 Å². The molecule has 0 aliphatic heterocycles. The number of aliphatic imine (C=N–C) groups is 1. The van der Waals surface area contributed by atoms with Crippen molar-refractivity contribution in [1.29, 1.82) is 0 Å². The second-order valence-corrected chi connectivity index (χ2v) is 6.36. The lowest BCUT2D eigenvalue weighted by Crippen LogP contribution is -2.41. The largest absolute Gasteiger partial charge is 0.361 e. The lowest BCUT2D eigenvalue weighted by molar-refractivity contribution is -0.122. The molecule has 0 atom stereocenters. The van der Waals surface area contributed by atoms with E-state index >= 15 is 0 Å². The van der Waals surface area contributed by atoms with Crippen molar-refractivity contribution < 1.29 is 4.79 Å². The number of carbonyl (C=O) groups is 1. The van der Waals surface area contributed by atoms with Gasteiger partial charge in [-0.25, -0.2) is 0 Å². The highest BCUT2D eigenvalue weighted by Gasteiger charge is 2.28. The van der Waals surface area contributed by atoms with Gasteiger partial charge < -0.3 is 20.9 Å². The van der Waals surface area contributed by atoms with Crippen LogP contribution in [0.2, 0.25) is 0 Å². The van der Waals surface area contributed by atoms with Gasteiger partial charge in [-0.15, -0.1) is 24.0 Å². The maximum Gasteiger partial charge on any atom is 0.223 e. The van der Waals surface area contributed by atoms with Crippen LogP contribution in [0.3, 0.4) is 0 Å². The number of rotatable bonds is 8. The van der Waals surface area contributed by atoms with Crippen LogP contribution in [0.4, 0.5) is 0 Å². The summed E-state index contributed by atoms with van der Waals surface area (Å²) < 4.78 is 0. The number of amides is 1. The van der Waals surface area contributed by atoms with Crippen LogP contribution in [0.25, 0.3) is 10.9 Å². The van der Waals surface area contributed by atoms with Crippen molar-refractivity contribution in [2.75, 3.05) is 26.2 Å². The number of aromatic nitrogens is 1. The molecule has 142 valence electrons. The van der Waals surface area contributed by atoms with Crippen LogP contribution in [-0.2, 0) is 11.2 Å². The first-order valence-electron chi connectivity index (χ1n) is 9.13. The van der Waals surface area contributed by atoms with Gasteiger partial charge in [-0.3, -0.25) is 9.79 Å². The lowest BCUT2D eigenvalue weighted by Gasteiger charge is -2.11.